The fourth-order valence-corrected chi connectivity index (χ4v) is 4.43. The van der Waals surface area contributed by atoms with Crippen LogP contribution in [0.15, 0.2) is 43.3 Å². The molecule has 4 N–H and O–H groups in total. The SMILES string of the molecule is C=CC(C/C=C/F)c1nc2c(nc1CCCCC(O)O)=CC(C(N)=O)CC=2.Fc1ccc2c(c1)CCCO2. The third-order valence-electron chi connectivity index (χ3n) is 6.46. The highest BCUT2D eigenvalue weighted by molar-refractivity contribution is 5.83. The molecule has 0 saturated heterocycles. The molecular weight excluding hydrogens is 492 g/mol. The normalized spacial score (nSPS) is 16.7. The number of aromatic nitrogens is 2. The minimum absolute atomic E-state index is 0.172. The summed E-state index contributed by atoms with van der Waals surface area (Å²) in [7, 11) is 0. The molecule has 0 fully saturated rings. The van der Waals surface area contributed by atoms with Crippen LogP contribution in [0.1, 0.15) is 61.4 Å². The Kier molecular flexibility index (Phi) is 11.1. The van der Waals surface area contributed by atoms with E-state index in [9.17, 15) is 13.6 Å². The molecule has 204 valence electrons. The van der Waals surface area contributed by atoms with Gasteiger partial charge in [-0.1, -0.05) is 18.2 Å². The quantitative estimate of drug-likeness (QED) is 0.248. The summed E-state index contributed by atoms with van der Waals surface area (Å²) in [6.07, 6.45) is 10.9. The van der Waals surface area contributed by atoms with Gasteiger partial charge in [0.15, 0.2) is 6.29 Å². The monoisotopic (exact) mass is 527 g/mol. The first kappa shape index (κ1) is 29.1. The number of rotatable bonds is 10. The Labute approximate surface area is 221 Å². The van der Waals surface area contributed by atoms with Crippen LogP contribution in [0.3, 0.4) is 0 Å². The number of benzene rings is 1. The van der Waals surface area contributed by atoms with Gasteiger partial charge < -0.3 is 20.7 Å². The minimum Gasteiger partial charge on any atom is -0.493 e. The first-order chi connectivity index (χ1) is 18.3. The lowest BCUT2D eigenvalue weighted by Gasteiger charge is -2.17. The van der Waals surface area contributed by atoms with E-state index in [1.165, 1.54) is 12.1 Å². The third kappa shape index (κ3) is 8.29. The number of nitrogens with two attached hydrogens (primary N) is 1. The highest BCUT2D eigenvalue weighted by atomic mass is 19.1. The van der Waals surface area contributed by atoms with Gasteiger partial charge in [0.1, 0.15) is 11.6 Å². The standard InChI is InChI=1S/C20H26FN3O3.C9H9FO/c1-2-13(6-5-11-21)19-16(7-3-4-8-18(25)26)23-17-12-14(20(22)27)9-10-15(17)24-19;10-8-3-4-9-7(6-8)2-1-5-11-9/h2,5,10-14,18,25-26H,1,3-4,6-9H2,(H2,22,27);3-4,6H,1-2,5H2/b11-5+;. The van der Waals surface area contributed by atoms with Crippen molar-refractivity contribution in [2.45, 2.75) is 63.6 Å². The maximum absolute atomic E-state index is 12.6. The molecule has 1 amide bonds. The van der Waals surface area contributed by atoms with Crippen LogP contribution in [-0.2, 0) is 17.6 Å². The molecule has 2 aromatic rings. The number of aryl methyl sites for hydroxylation is 2. The van der Waals surface area contributed by atoms with Gasteiger partial charge in [-0.05, 0) is 81.2 Å². The van der Waals surface area contributed by atoms with Gasteiger partial charge in [0.2, 0.25) is 5.91 Å². The second-order valence-electron chi connectivity index (χ2n) is 9.31. The number of allylic oxidation sites excluding steroid dienone is 2. The Hall–Kier alpha value is -3.43. The molecule has 38 heavy (non-hydrogen) atoms. The van der Waals surface area contributed by atoms with Crippen LogP contribution in [0, 0.1) is 11.7 Å². The molecule has 0 saturated carbocycles. The van der Waals surface area contributed by atoms with E-state index in [4.69, 9.17) is 30.7 Å². The number of unbranched alkanes of at least 4 members (excludes halogenated alkanes) is 1. The van der Waals surface area contributed by atoms with Crippen molar-refractivity contribution in [3.05, 3.63) is 76.7 Å². The maximum atomic E-state index is 12.6. The summed E-state index contributed by atoms with van der Waals surface area (Å²) in [4.78, 5) is 20.9. The van der Waals surface area contributed by atoms with E-state index < -0.39 is 18.1 Å². The highest BCUT2D eigenvalue weighted by Gasteiger charge is 2.19. The fraction of sp³-hybridized carbons (Fsp3) is 0.414. The molecule has 0 spiro atoms. The number of fused-ring (bicyclic) bond motifs is 2. The van der Waals surface area contributed by atoms with Gasteiger partial charge in [0, 0.05) is 5.92 Å². The van der Waals surface area contributed by atoms with Crippen molar-refractivity contribution in [2.24, 2.45) is 11.7 Å². The Balaban J connectivity index is 0.000000299. The predicted molar refractivity (Wildman–Crippen MR) is 141 cm³/mol. The van der Waals surface area contributed by atoms with Crippen molar-refractivity contribution >= 4 is 18.1 Å². The molecule has 2 atom stereocenters. The van der Waals surface area contributed by atoms with E-state index >= 15 is 0 Å². The molecular formula is C29H35F2N3O4. The Bertz CT molecular complexity index is 1260. The third-order valence-corrected chi connectivity index (χ3v) is 6.46. The van der Waals surface area contributed by atoms with Gasteiger partial charge >= 0.3 is 0 Å². The molecule has 2 unspecified atom stereocenters. The van der Waals surface area contributed by atoms with Crippen LogP contribution in [0.2, 0.25) is 0 Å². The first-order valence-electron chi connectivity index (χ1n) is 12.9. The summed E-state index contributed by atoms with van der Waals surface area (Å²) >= 11 is 0. The minimum atomic E-state index is -1.33. The van der Waals surface area contributed by atoms with Crippen molar-refractivity contribution in [2.75, 3.05) is 6.61 Å². The van der Waals surface area contributed by atoms with Gasteiger partial charge in [-0.2, -0.15) is 0 Å². The van der Waals surface area contributed by atoms with Crippen molar-refractivity contribution in [1.82, 2.24) is 9.97 Å². The number of aliphatic hydroxyl groups excluding tert-OH is 1. The van der Waals surface area contributed by atoms with Crippen LogP contribution < -0.4 is 21.2 Å². The lowest BCUT2D eigenvalue weighted by atomic mass is 9.95. The summed E-state index contributed by atoms with van der Waals surface area (Å²) in [6, 6.07) is 4.68. The average Bonchev–Trinajstić information content (AvgIpc) is 2.91. The number of hydrogen-bond acceptors (Lipinski definition) is 6. The zero-order chi connectivity index (χ0) is 27.5. The number of hydrogen-bond donors (Lipinski definition) is 3. The van der Waals surface area contributed by atoms with Crippen molar-refractivity contribution in [3.63, 3.8) is 0 Å². The van der Waals surface area contributed by atoms with Crippen molar-refractivity contribution in [1.29, 1.82) is 0 Å². The number of aliphatic hydroxyl groups is 2. The molecule has 0 bridgehead atoms. The summed E-state index contributed by atoms with van der Waals surface area (Å²) in [5.41, 5.74) is 7.87. The molecule has 1 aliphatic carbocycles. The van der Waals surface area contributed by atoms with E-state index in [0.717, 1.165) is 42.1 Å². The second-order valence-corrected chi connectivity index (χ2v) is 9.31. The number of carbonyl (C=O) groups is 1. The largest absolute Gasteiger partial charge is 0.493 e. The van der Waals surface area contributed by atoms with Crippen LogP contribution >= 0.6 is 0 Å². The number of primary amides is 1. The summed E-state index contributed by atoms with van der Waals surface area (Å²) in [5.74, 6) is -0.319. The lowest BCUT2D eigenvalue weighted by Crippen LogP contribution is -2.39. The smallest absolute Gasteiger partial charge is 0.224 e. The van der Waals surface area contributed by atoms with Gasteiger partial charge in [-0.15, -0.1) is 6.58 Å². The Morgan fingerprint density at radius 2 is 2.08 bits per heavy atom. The molecule has 1 aromatic carbocycles. The molecule has 7 nitrogen and oxygen atoms in total. The molecule has 1 aliphatic heterocycles. The second kappa shape index (κ2) is 14.5. The summed E-state index contributed by atoms with van der Waals surface area (Å²) < 4.78 is 30.4. The van der Waals surface area contributed by atoms with E-state index in [0.29, 0.717) is 49.1 Å². The molecule has 1 aromatic heterocycles. The molecule has 2 aliphatic rings. The highest BCUT2D eigenvalue weighted by Crippen LogP contribution is 2.25. The van der Waals surface area contributed by atoms with Crippen molar-refractivity contribution < 1.29 is 28.5 Å². The number of halogens is 2. The average molecular weight is 528 g/mol. The van der Waals surface area contributed by atoms with Crippen LogP contribution in [0.5, 0.6) is 5.75 Å². The van der Waals surface area contributed by atoms with E-state index in [-0.39, 0.29) is 18.2 Å². The molecule has 0 radical (unpaired) electrons. The lowest BCUT2D eigenvalue weighted by molar-refractivity contribution is -0.119. The summed E-state index contributed by atoms with van der Waals surface area (Å²) in [5, 5.41) is 19.3. The number of amides is 1. The summed E-state index contributed by atoms with van der Waals surface area (Å²) in [6.45, 7) is 4.59. The molecule has 2 heterocycles. The van der Waals surface area contributed by atoms with Gasteiger partial charge in [0.05, 0.1) is 40.9 Å². The number of ether oxygens (including phenoxy) is 1. The van der Waals surface area contributed by atoms with E-state index in [1.54, 1.807) is 24.3 Å². The van der Waals surface area contributed by atoms with Gasteiger partial charge in [-0.3, -0.25) is 4.79 Å². The maximum Gasteiger partial charge on any atom is 0.224 e. The zero-order valence-electron chi connectivity index (χ0n) is 21.4. The topological polar surface area (TPSA) is 119 Å². The molecule has 4 rings (SSSR count). The molecule has 9 heteroatoms. The van der Waals surface area contributed by atoms with Crippen LogP contribution in [0.25, 0.3) is 12.2 Å². The van der Waals surface area contributed by atoms with Crippen LogP contribution in [-0.4, -0.2) is 39.0 Å². The first-order valence-corrected chi connectivity index (χ1v) is 12.9. The van der Waals surface area contributed by atoms with Gasteiger partial charge in [0.25, 0.3) is 0 Å². The Morgan fingerprint density at radius 3 is 2.79 bits per heavy atom. The number of nitrogens with zero attached hydrogens (tertiary/aromatic N) is 2. The van der Waals surface area contributed by atoms with Crippen molar-refractivity contribution in [3.8, 4) is 5.75 Å². The Morgan fingerprint density at radius 1 is 1.26 bits per heavy atom. The fourth-order valence-electron chi connectivity index (χ4n) is 4.43. The van der Waals surface area contributed by atoms with E-state index in [2.05, 4.69) is 6.58 Å². The predicted octanol–water partition coefficient (Wildman–Crippen LogP) is 2.86. The zero-order valence-corrected chi connectivity index (χ0v) is 21.4. The van der Waals surface area contributed by atoms with Crippen LogP contribution in [0.4, 0.5) is 8.78 Å². The van der Waals surface area contributed by atoms with E-state index in [1.807, 2.05) is 6.08 Å². The number of carbonyl (C=O) groups excluding carboxylic acids is 1. The van der Waals surface area contributed by atoms with Gasteiger partial charge in [-0.25, -0.2) is 18.7 Å².